The second-order valence-corrected chi connectivity index (χ2v) is 4.35. The molecular formula is C14H20FNO. The van der Waals surface area contributed by atoms with Crippen molar-refractivity contribution in [1.82, 2.24) is 5.32 Å². The molecule has 0 aromatic heterocycles. The molecule has 1 amide bonds. The van der Waals surface area contributed by atoms with Gasteiger partial charge in [0.15, 0.2) is 0 Å². The van der Waals surface area contributed by atoms with E-state index in [1.807, 2.05) is 6.92 Å². The van der Waals surface area contributed by atoms with E-state index in [0.29, 0.717) is 0 Å². The van der Waals surface area contributed by atoms with Gasteiger partial charge in [-0.15, -0.1) is 0 Å². The van der Waals surface area contributed by atoms with Crippen molar-refractivity contribution in [3.8, 4) is 0 Å². The molecule has 1 rings (SSSR count). The number of unbranched alkanes of at least 4 members (excludes halogenated alkanes) is 2. The van der Waals surface area contributed by atoms with Gasteiger partial charge in [-0.2, -0.15) is 0 Å². The number of nitrogens with one attached hydrogen (secondary N) is 1. The molecule has 1 aromatic carbocycles. The second kappa shape index (κ2) is 7.05. The number of carbonyl (C=O) groups excluding carboxylic acids is 1. The molecule has 0 bridgehead atoms. The maximum absolute atomic E-state index is 13.3. The van der Waals surface area contributed by atoms with Gasteiger partial charge in [0.2, 0.25) is 0 Å². The molecule has 0 heterocycles. The molecule has 0 saturated carbocycles. The lowest BCUT2D eigenvalue weighted by molar-refractivity contribution is 0.0934. The van der Waals surface area contributed by atoms with Crippen LogP contribution >= 0.6 is 0 Å². The first-order chi connectivity index (χ1) is 8.15. The summed E-state index contributed by atoms with van der Waals surface area (Å²) in [5.74, 6) is -0.794. The van der Waals surface area contributed by atoms with E-state index in [4.69, 9.17) is 0 Å². The van der Waals surface area contributed by atoms with E-state index in [0.717, 1.165) is 19.3 Å². The molecule has 1 N–H and O–H groups in total. The fourth-order valence-corrected chi connectivity index (χ4v) is 1.72. The maximum Gasteiger partial charge on any atom is 0.254 e. The molecule has 0 aliphatic carbocycles. The average Bonchev–Trinajstić information content (AvgIpc) is 2.29. The van der Waals surface area contributed by atoms with E-state index in [-0.39, 0.29) is 17.5 Å². The molecule has 0 unspecified atom stereocenters. The van der Waals surface area contributed by atoms with Gasteiger partial charge in [-0.25, -0.2) is 4.39 Å². The number of amides is 1. The third-order valence-corrected chi connectivity index (χ3v) is 2.74. The van der Waals surface area contributed by atoms with Crippen molar-refractivity contribution < 1.29 is 9.18 Å². The smallest absolute Gasteiger partial charge is 0.254 e. The molecule has 0 spiro atoms. The molecule has 94 valence electrons. The van der Waals surface area contributed by atoms with Crippen molar-refractivity contribution in [2.24, 2.45) is 0 Å². The Morgan fingerprint density at radius 1 is 1.35 bits per heavy atom. The Balaban J connectivity index is 2.46. The Bertz CT molecular complexity index is 365. The molecule has 0 aliphatic heterocycles. The van der Waals surface area contributed by atoms with Crippen LogP contribution in [0.15, 0.2) is 24.3 Å². The van der Waals surface area contributed by atoms with E-state index < -0.39 is 5.82 Å². The topological polar surface area (TPSA) is 29.1 Å². The minimum atomic E-state index is -0.467. The van der Waals surface area contributed by atoms with Crippen LogP contribution in [0.2, 0.25) is 0 Å². The molecule has 0 radical (unpaired) electrons. The van der Waals surface area contributed by atoms with Crippen molar-refractivity contribution in [3.63, 3.8) is 0 Å². The maximum atomic E-state index is 13.3. The van der Waals surface area contributed by atoms with Crippen LogP contribution in [0.3, 0.4) is 0 Å². The van der Waals surface area contributed by atoms with E-state index in [1.165, 1.54) is 18.6 Å². The summed E-state index contributed by atoms with van der Waals surface area (Å²) in [5, 5.41) is 2.82. The van der Waals surface area contributed by atoms with E-state index in [9.17, 15) is 9.18 Å². The van der Waals surface area contributed by atoms with Crippen LogP contribution in [-0.2, 0) is 0 Å². The minimum absolute atomic E-state index is 0.0913. The Kier molecular flexibility index (Phi) is 5.67. The van der Waals surface area contributed by atoms with Crippen LogP contribution in [0.5, 0.6) is 0 Å². The van der Waals surface area contributed by atoms with Gasteiger partial charge in [-0.1, -0.05) is 38.3 Å². The normalized spacial score (nSPS) is 12.2. The molecule has 0 saturated heterocycles. The van der Waals surface area contributed by atoms with Crippen LogP contribution in [0, 0.1) is 5.82 Å². The van der Waals surface area contributed by atoms with Gasteiger partial charge in [0.05, 0.1) is 5.56 Å². The SMILES string of the molecule is CCCCC[C@@H](C)NC(=O)c1ccccc1F. The fourth-order valence-electron chi connectivity index (χ4n) is 1.72. The zero-order valence-corrected chi connectivity index (χ0v) is 10.5. The van der Waals surface area contributed by atoms with Gasteiger partial charge in [-0.05, 0) is 25.5 Å². The Labute approximate surface area is 102 Å². The number of rotatable bonds is 6. The zero-order chi connectivity index (χ0) is 12.7. The highest BCUT2D eigenvalue weighted by Crippen LogP contribution is 2.08. The molecule has 0 fully saturated rings. The standard InChI is InChI=1S/C14H20FNO/c1-3-4-5-8-11(2)16-14(17)12-9-6-7-10-13(12)15/h6-7,9-11H,3-5,8H2,1-2H3,(H,16,17)/t11-/m1/s1. The molecule has 0 aliphatic rings. The average molecular weight is 237 g/mol. The number of carbonyl (C=O) groups is 1. The minimum Gasteiger partial charge on any atom is -0.349 e. The van der Waals surface area contributed by atoms with Gasteiger partial charge >= 0.3 is 0 Å². The summed E-state index contributed by atoms with van der Waals surface area (Å²) in [6, 6.07) is 6.14. The Hall–Kier alpha value is -1.38. The fraction of sp³-hybridized carbons (Fsp3) is 0.500. The second-order valence-electron chi connectivity index (χ2n) is 4.35. The van der Waals surface area contributed by atoms with Crippen LogP contribution < -0.4 is 5.32 Å². The summed E-state index contributed by atoms with van der Waals surface area (Å²) >= 11 is 0. The monoisotopic (exact) mass is 237 g/mol. The summed E-state index contributed by atoms with van der Waals surface area (Å²) in [7, 11) is 0. The number of hydrogen-bond donors (Lipinski definition) is 1. The molecular weight excluding hydrogens is 217 g/mol. The molecule has 17 heavy (non-hydrogen) atoms. The highest BCUT2D eigenvalue weighted by atomic mass is 19.1. The van der Waals surface area contributed by atoms with Crippen molar-refractivity contribution in [2.75, 3.05) is 0 Å². The van der Waals surface area contributed by atoms with Crippen LogP contribution in [0.1, 0.15) is 49.9 Å². The third-order valence-electron chi connectivity index (χ3n) is 2.74. The predicted molar refractivity (Wildman–Crippen MR) is 67.5 cm³/mol. The van der Waals surface area contributed by atoms with Crippen molar-refractivity contribution in [2.45, 2.75) is 45.6 Å². The third kappa shape index (κ3) is 4.55. The van der Waals surface area contributed by atoms with Gasteiger partial charge in [0, 0.05) is 6.04 Å². The van der Waals surface area contributed by atoms with Gasteiger partial charge < -0.3 is 5.32 Å². The van der Waals surface area contributed by atoms with Crippen molar-refractivity contribution in [3.05, 3.63) is 35.6 Å². The Morgan fingerprint density at radius 2 is 2.06 bits per heavy atom. The Morgan fingerprint density at radius 3 is 2.71 bits per heavy atom. The first kappa shape index (κ1) is 13.7. The molecule has 1 atom stereocenters. The molecule has 3 heteroatoms. The van der Waals surface area contributed by atoms with E-state index in [1.54, 1.807) is 12.1 Å². The summed E-state index contributed by atoms with van der Waals surface area (Å²) < 4.78 is 13.3. The van der Waals surface area contributed by atoms with Crippen molar-refractivity contribution in [1.29, 1.82) is 0 Å². The quantitative estimate of drug-likeness (QED) is 0.753. The number of halogens is 1. The molecule has 2 nitrogen and oxygen atoms in total. The summed E-state index contributed by atoms with van der Waals surface area (Å²) in [6.07, 6.45) is 4.36. The van der Waals surface area contributed by atoms with Crippen LogP contribution in [-0.4, -0.2) is 11.9 Å². The highest BCUT2D eigenvalue weighted by molar-refractivity contribution is 5.94. The largest absolute Gasteiger partial charge is 0.349 e. The van der Waals surface area contributed by atoms with Gasteiger partial charge in [0.25, 0.3) is 5.91 Å². The van der Waals surface area contributed by atoms with E-state index >= 15 is 0 Å². The van der Waals surface area contributed by atoms with E-state index in [2.05, 4.69) is 12.2 Å². The van der Waals surface area contributed by atoms with Gasteiger partial charge in [0.1, 0.15) is 5.82 Å². The number of benzene rings is 1. The lowest BCUT2D eigenvalue weighted by Gasteiger charge is -2.13. The predicted octanol–water partition coefficient (Wildman–Crippen LogP) is 3.52. The highest BCUT2D eigenvalue weighted by Gasteiger charge is 2.12. The lowest BCUT2D eigenvalue weighted by atomic mass is 10.1. The molecule has 1 aromatic rings. The van der Waals surface area contributed by atoms with Gasteiger partial charge in [-0.3, -0.25) is 4.79 Å². The number of hydrogen-bond acceptors (Lipinski definition) is 1. The van der Waals surface area contributed by atoms with Crippen LogP contribution in [0.4, 0.5) is 4.39 Å². The first-order valence-electron chi connectivity index (χ1n) is 6.20. The van der Waals surface area contributed by atoms with Crippen molar-refractivity contribution >= 4 is 5.91 Å². The zero-order valence-electron chi connectivity index (χ0n) is 10.5. The first-order valence-corrected chi connectivity index (χ1v) is 6.20. The van der Waals surface area contributed by atoms with Crippen LogP contribution in [0.25, 0.3) is 0 Å². The summed E-state index contributed by atoms with van der Waals surface area (Å²) in [5.41, 5.74) is 0.120. The lowest BCUT2D eigenvalue weighted by Crippen LogP contribution is -2.33. The summed E-state index contributed by atoms with van der Waals surface area (Å²) in [4.78, 5) is 11.8. The summed E-state index contributed by atoms with van der Waals surface area (Å²) in [6.45, 7) is 4.09.